The van der Waals surface area contributed by atoms with Crippen LogP contribution in [0.2, 0.25) is 0 Å². The molecule has 0 atom stereocenters. The number of Topliss-reactive ketones (excluding diaryl/α,β-unsaturated/α-hetero) is 2. The van der Waals surface area contributed by atoms with Crippen molar-refractivity contribution in [1.82, 2.24) is 0 Å². The first kappa shape index (κ1) is 42.4. The standard InChI is InChI=1S/C13H17NO3.C13H15NO3.CH2Cl2.ClO.Na/c2*1-8-5-9(2)13(17-7-10(3)15)11(4)12(8)6-14-16;2-1-3;1-2;/h5-6,16H,7H2,1-4H3;5H,7H2,1-4H3;1H2;;/q;;;-1;+1/b14-6+;;;;. The Morgan fingerprint density at radius 1 is 0.900 bits per heavy atom. The van der Waals surface area contributed by atoms with E-state index in [2.05, 4.69) is 28.1 Å². The van der Waals surface area contributed by atoms with Gasteiger partial charge in [0.25, 0.3) is 0 Å². The number of benzene rings is 2. The third kappa shape index (κ3) is 15.1. The maximum absolute atomic E-state index is 10.9. The summed E-state index contributed by atoms with van der Waals surface area (Å²) in [7, 11) is 0. The van der Waals surface area contributed by atoms with E-state index in [0.29, 0.717) is 17.1 Å². The van der Waals surface area contributed by atoms with Gasteiger partial charge in [-0.25, -0.2) is 11.9 Å². The zero-order valence-corrected chi connectivity index (χ0v) is 28.5. The quantitative estimate of drug-likeness (QED) is 0.164. The minimum atomic E-state index is -0.0487. The minimum absolute atomic E-state index is 0. The molecular weight excluding hydrogens is 594 g/mol. The number of hydrogen-bond acceptors (Lipinski definition) is 8. The van der Waals surface area contributed by atoms with Crippen LogP contribution in [-0.2, 0) is 9.59 Å². The van der Waals surface area contributed by atoms with Crippen LogP contribution in [0.4, 0.5) is 0 Å². The third-order valence-corrected chi connectivity index (χ3v) is 5.05. The first-order valence-electron chi connectivity index (χ1n) is 11.3. The average molecular weight is 628 g/mol. The van der Waals surface area contributed by atoms with E-state index in [9.17, 15) is 14.8 Å². The molecule has 2 aromatic carbocycles. The first-order valence-corrected chi connectivity index (χ1v) is 12.7. The van der Waals surface area contributed by atoms with Gasteiger partial charge in [0.15, 0.2) is 11.6 Å². The fourth-order valence-electron chi connectivity index (χ4n) is 3.62. The molecule has 0 unspecified atom stereocenters. The summed E-state index contributed by atoms with van der Waals surface area (Å²) in [5.41, 5.74) is 6.92. The summed E-state index contributed by atoms with van der Waals surface area (Å²) in [5.74, 6) is 1.23. The van der Waals surface area contributed by atoms with Gasteiger partial charge in [0.2, 0.25) is 0 Å². The number of halogens is 3. The molecule has 9 nitrogen and oxygen atoms in total. The summed E-state index contributed by atoms with van der Waals surface area (Å²) < 4.78 is 18.6. The van der Waals surface area contributed by atoms with E-state index in [1.807, 2.05) is 53.7 Å². The molecule has 0 spiro atoms. The Bertz CT molecular complexity index is 1200. The van der Waals surface area contributed by atoms with Crippen molar-refractivity contribution < 1.29 is 58.5 Å². The molecule has 216 valence electrons. The topological polar surface area (TPSA) is 136 Å². The van der Waals surface area contributed by atoms with E-state index >= 15 is 0 Å². The van der Waals surface area contributed by atoms with Crippen LogP contribution in [0.1, 0.15) is 58.4 Å². The van der Waals surface area contributed by atoms with Crippen molar-refractivity contribution in [3.05, 3.63) is 66.9 Å². The van der Waals surface area contributed by atoms with E-state index in [1.165, 1.54) is 20.1 Å². The number of rotatable bonds is 7. The van der Waals surface area contributed by atoms with Crippen LogP contribution in [0.25, 0.3) is 5.01 Å². The van der Waals surface area contributed by atoms with Gasteiger partial charge in [-0.2, -0.15) is 0 Å². The number of carbonyl (C=O) groups is 2. The van der Waals surface area contributed by atoms with Crippen molar-refractivity contribution in [2.75, 3.05) is 18.6 Å². The Labute approximate surface area is 273 Å². The number of oxime groups is 1. The maximum Gasteiger partial charge on any atom is 1.00 e. The Morgan fingerprint density at radius 3 is 1.68 bits per heavy atom. The van der Waals surface area contributed by atoms with Gasteiger partial charge in [0, 0.05) is 21.7 Å². The molecule has 40 heavy (non-hydrogen) atoms. The van der Waals surface area contributed by atoms with E-state index in [0.717, 1.165) is 38.9 Å². The molecule has 0 aliphatic heterocycles. The zero-order valence-electron chi connectivity index (χ0n) is 24.3. The van der Waals surface area contributed by atoms with Crippen LogP contribution >= 0.6 is 35.1 Å². The third-order valence-electron chi connectivity index (χ3n) is 5.05. The van der Waals surface area contributed by atoms with Crippen molar-refractivity contribution in [1.29, 1.82) is 0 Å². The number of carbonyl (C=O) groups excluding carboxylic acids is 2. The summed E-state index contributed by atoms with van der Waals surface area (Å²) >= 11 is 12.9. The number of ketones is 2. The van der Waals surface area contributed by atoms with Crippen LogP contribution in [0.15, 0.2) is 17.3 Å². The Morgan fingerprint density at radius 2 is 1.30 bits per heavy atom. The summed E-state index contributed by atoms with van der Waals surface area (Å²) in [4.78, 5) is 21.8. The molecule has 1 N–H and O–H groups in total. The predicted molar refractivity (Wildman–Crippen MR) is 155 cm³/mol. The van der Waals surface area contributed by atoms with Crippen LogP contribution in [-0.4, -0.2) is 41.5 Å². The summed E-state index contributed by atoms with van der Waals surface area (Å²) in [5, 5.41) is 24.8. The second-order valence-corrected chi connectivity index (χ2v) is 9.06. The molecule has 0 aromatic heterocycles. The van der Waals surface area contributed by atoms with Gasteiger partial charge in [-0.3, -0.25) is 9.59 Å². The molecule has 2 aromatic rings. The number of hydrogen-bond donors (Lipinski definition) is 1. The maximum atomic E-state index is 10.9. The largest absolute Gasteiger partial charge is 1.00 e. The van der Waals surface area contributed by atoms with E-state index < -0.39 is 0 Å². The molecule has 0 bridgehead atoms. The van der Waals surface area contributed by atoms with E-state index in [1.54, 1.807) is 0 Å². The van der Waals surface area contributed by atoms with Crippen LogP contribution in [0, 0.1) is 52.8 Å². The molecule has 0 heterocycles. The van der Waals surface area contributed by atoms with E-state index in [-0.39, 0.29) is 59.7 Å². The fraction of sp³-hybridized carbons (Fsp3) is 0.407. The molecule has 0 aliphatic rings. The molecule has 13 heteroatoms. The number of nitrogens with zero attached hydrogens (tertiary/aromatic N) is 2. The minimum Gasteiger partial charge on any atom is -0.769 e. The molecule has 0 fully saturated rings. The normalized spacial score (nSPS) is 9.20. The molecule has 0 radical (unpaired) electrons. The van der Waals surface area contributed by atoms with Crippen LogP contribution in [0.3, 0.4) is 0 Å². The average Bonchev–Trinajstić information content (AvgIpc) is 2.85. The van der Waals surface area contributed by atoms with Crippen LogP contribution in [0.5, 0.6) is 11.5 Å². The van der Waals surface area contributed by atoms with Crippen molar-refractivity contribution in [3.8, 4) is 17.6 Å². The van der Waals surface area contributed by atoms with Gasteiger partial charge < -0.3 is 24.5 Å². The van der Waals surface area contributed by atoms with Gasteiger partial charge in [-0.1, -0.05) is 17.3 Å². The van der Waals surface area contributed by atoms with Crippen LogP contribution < -0.4 is 43.7 Å². The van der Waals surface area contributed by atoms with Gasteiger partial charge in [0.1, 0.15) is 30.3 Å². The predicted octanol–water partition coefficient (Wildman–Crippen LogP) is 3.07. The van der Waals surface area contributed by atoms with Crippen molar-refractivity contribution >= 4 is 52.8 Å². The van der Waals surface area contributed by atoms with E-state index in [4.69, 9.17) is 42.5 Å². The second-order valence-electron chi connectivity index (χ2n) is 8.25. The van der Waals surface area contributed by atoms with Crippen molar-refractivity contribution in [3.63, 3.8) is 0 Å². The molecule has 0 amide bonds. The van der Waals surface area contributed by atoms with Crippen molar-refractivity contribution in [2.45, 2.75) is 55.4 Å². The smallest absolute Gasteiger partial charge is 0.769 e. The Balaban J connectivity index is -0.000000577. The first-order chi connectivity index (χ1) is 18.4. The Kier molecular flexibility index (Phi) is 25.1. The monoisotopic (exact) mass is 626 g/mol. The Hall–Kier alpha value is -2.03. The summed E-state index contributed by atoms with van der Waals surface area (Å²) in [6.07, 6.45) is 1.38. The summed E-state index contributed by atoms with van der Waals surface area (Å²) in [6.45, 7) is 14.4. The number of aryl methyl sites for hydroxylation is 4. The van der Waals surface area contributed by atoms with Crippen molar-refractivity contribution in [2.24, 2.45) is 5.16 Å². The molecule has 2 rings (SSSR count). The summed E-state index contributed by atoms with van der Waals surface area (Å²) in [6, 6.07) is 6.23. The molecular formula is C27H34Cl3N2NaO7. The van der Waals surface area contributed by atoms with Gasteiger partial charge in [0.05, 0.1) is 11.6 Å². The second kappa shape index (κ2) is 23.7. The molecule has 0 aliphatic carbocycles. The van der Waals surface area contributed by atoms with Gasteiger partial charge in [-0.15, -0.1) is 23.2 Å². The number of ether oxygens (including phenoxy) is 2. The molecule has 0 saturated heterocycles. The zero-order chi connectivity index (χ0) is 30.7. The molecule has 0 saturated carbocycles. The fourth-order valence-corrected chi connectivity index (χ4v) is 3.62. The van der Waals surface area contributed by atoms with Gasteiger partial charge >= 0.3 is 35.6 Å². The van der Waals surface area contributed by atoms with Gasteiger partial charge in [-0.05, 0) is 77.6 Å². The SMILES string of the molecule is CC(=O)COc1c(C)cc(C)c(/C=N/O)c1C.CC(=O)COc1c(C)cc(C)c(C#[N+][O-])c1C.ClCCl.[Na+].[O-]Cl. The number of alkyl halides is 2.